The van der Waals surface area contributed by atoms with Crippen LogP contribution < -0.4 is 4.90 Å². The van der Waals surface area contributed by atoms with Crippen molar-refractivity contribution in [1.29, 1.82) is 0 Å². The Labute approximate surface area is 161 Å². The highest BCUT2D eigenvalue weighted by Crippen LogP contribution is 2.28. The maximum absolute atomic E-state index is 13.2. The number of carbonyl (C=O) groups excluding carboxylic acids is 1. The van der Waals surface area contributed by atoms with E-state index in [1.807, 2.05) is 20.8 Å². The van der Waals surface area contributed by atoms with E-state index in [4.69, 9.17) is 4.74 Å². The Bertz CT molecular complexity index is 758. The normalized spacial score (nSPS) is 22.5. The lowest BCUT2D eigenvalue weighted by Gasteiger charge is -2.33. The van der Waals surface area contributed by atoms with Crippen molar-refractivity contribution < 1.29 is 22.8 Å². The first-order valence-corrected chi connectivity index (χ1v) is 11.0. The summed E-state index contributed by atoms with van der Waals surface area (Å²) in [7, 11) is -3.64. The van der Waals surface area contributed by atoms with Gasteiger partial charge < -0.3 is 14.5 Å². The van der Waals surface area contributed by atoms with E-state index in [-0.39, 0.29) is 16.7 Å². The van der Waals surface area contributed by atoms with Gasteiger partial charge in [0, 0.05) is 13.1 Å². The Morgan fingerprint density at radius 3 is 2.41 bits per heavy atom. The highest BCUT2D eigenvalue weighted by Gasteiger charge is 2.44. The summed E-state index contributed by atoms with van der Waals surface area (Å²) >= 11 is 0. The first-order valence-electron chi connectivity index (χ1n) is 9.60. The van der Waals surface area contributed by atoms with Gasteiger partial charge in [-0.25, -0.2) is 8.42 Å². The number of ether oxygens (including phenoxy) is 1. The largest absolute Gasteiger partial charge is 0.370 e. The molecule has 7 nitrogen and oxygen atoms in total. The van der Waals surface area contributed by atoms with E-state index >= 15 is 0 Å². The van der Waals surface area contributed by atoms with E-state index in [9.17, 15) is 13.2 Å². The highest BCUT2D eigenvalue weighted by molar-refractivity contribution is 7.89. The van der Waals surface area contributed by atoms with Gasteiger partial charge >= 0.3 is 0 Å². The quantitative estimate of drug-likeness (QED) is 0.744. The molecule has 150 valence electrons. The van der Waals surface area contributed by atoms with Gasteiger partial charge in [0.25, 0.3) is 5.91 Å². The molecule has 0 aliphatic carbocycles. The summed E-state index contributed by atoms with van der Waals surface area (Å²) in [5.41, 5.74) is 1.01. The molecule has 0 radical (unpaired) electrons. The zero-order valence-corrected chi connectivity index (χ0v) is 17.2. The second kappa shape index (κ2) is 8.26. The molecule has 2 aliphatic heterocycles. The number of hydrogen-bond acceptors (Lipinski definition) is 4. The molecule has 2 fully saturated rings. The lowest BCUT2D eigenvalue weighted by molar-refractivity contribution is -0.900. The van der Waals surface area contributed by atoms with Crippen LogP contribution in [0.4, 0.5) is 0 Å². The van der Waals surface area contributed by atoms with Crippen LogP contribution in [-0.4, -0.2) is 75.6 Å². The minimum Gasteiger partial charge on any atom is -0.370 e. The van der Waals surface area contributed by atoms with Gasteiger partial charge in [-0.3, -0.25) is 4.79 Å². The van der Waals surface area contributed by atoms with Crippen molar-refractivity contribution in [3.63, 3.8) is 0 Å². The molecule has 2 heterocycles. The van der Waals surface area contributed by atoms with Crippen LogP contribution >= 0.6 is 0 Å². The number of nitrogens with zero attached hydrogens (tertiary/aromatic N) is 2. The molecule has 0 saturated carbocycles. The second-order valence-electron chi connectivity index (χ2n) is 7.71. The predicted octanol–water partition coefficient (Wildman–Crippen LogP) is -0.275. The molecule has 8 heteroatoms. The molecule has 27 heavy (non-hydrogen) atoms. The highest BCUT2D eigenvalue weighted by atomic mass is 32.2. The van der Waals surface area contributed by atoms with Crippen LogP contribution in [0.5, 0.6) is 0 Å². The average Bonchev–Trinajstić information content (AvgIpc) is 3.09. The number of carbonyl (C=O) groups is 1. The van der Waals surface area contributed by atoms with Crippen LogP contribution in [0.2, 0.25) is 0 Å². The summed E-state index contributed by atoms with van der Waals surface area (Å²) in [6, 6.07) is 6.89. The first-order chi connectivity index (χ1) is 12.8. The third kappa shape index (κ3) is 4.34. The SMILES string of the molecule is Cc1ccc(S(=O)(=O)N2CCN(C(=O)C[NH+]3CCOCC3)C2C(C)C)cc1. The van der Waals surface area contributed by atoms with Crippen molar-refractivity contribution >= 4 is 15.9 Å². The fraction of sp³-hybridized carbons (Fsp3) is 0.632. The number of hydrogen-bond donors (Lipinski definition) is 1. The van der Waals surface area contributed by atoms with Crippen molar-refractivity contribution in [2.75, 3.05) is 45.9 Å². The van der Waals surface area contributed by atoms with Crippen LogP contribution in [0.1, 0.15) is 19.4 Å². The smallest absolute Gasteiger partial charge is 0.279 e. The van der Waals surface area contributed by atoms with Crippen LogP contribution in [0.25, 0.3) is 0 Å². The Morgan fingerprint density at radius 1 is 1.19 bits per heavy atom. The van der Waals surface area contributed by atoms with E-state index in [0.717, 1.165) is 18.7 Å². The maximum atomic E-state index is 13.2. The number of benzene rings is 1. The minimum atomic E-state index is -3.64. The predicted molar refractivity (Wildman–Crippen MR) is 102 cm³/mol. The van der Waals surface area contributed by atoms with E-state index in [0.29, 0.717) is 32.8 Å². The van der Waals surface area contributed by atoms with Crippen molar-refractivity contribution in [1.82, 2.24) is 9.21 Å². The van der Waals surface area contributed by atoms with Gasteiger partial charge in [-0.15, -0.1) is 0 Å². The van der Waals surface area contributed by atoms with Crippen molar-refractivity contribution in [2.45, 2.75) is 31.8 Å². The Morgan fingerprint density at radius 2 is 1.81 bits per heavy atom. The maximum Gasteiger partial charge on any atom is 0.279 e. The molecule has 2 aliphatic rings. The van der Waals surface area contributed by atoms with Gasteiger partial charge in [0.2, 0.25) is 10.0 Å². The number of sulfonamides is 1. The van der Waals surface area contributed by atoms with E-state index in [1.54, 1.807) is 29.2 Å². The summed E-state index contributed by atoms with van der Waals surface area (Å²) in [6.45, 7) is 10.0. The lowest BCUT2D eigenvalue weighted by atomic mass is 10.1. The zero-order chi connectivity index (χ0) is 19.6. The Kier molecular flexibility index (Phi) is 6.20. The van der Waals surface area contributed by atoms with Gasteiger partial charge in [0.05, 0.1) is 18.1 Å². The number of amides is 1. The molecule has 1 amide bonds. The van der Waals surface area contributed by atoms with Crippen molar-refractivity contribution in [2.24, 2.45) is 5.92 Å². The average molecular weight is 397 g/mol. The van der Waals surface area contributed by atoms with Crippen LogP contribution in [0.3, 0.4) is 0 Å². The molecule has 0 bridgehead atoms. The van der Waals surface area contributed by atoms with E-state index in [1.165, 1.54) is 9.21 Å². The van der Waals surface area contributed by atoms with E-state index in [2.05, 4.69) is 0 Å². The Hall–Kier alpha value is -1.48. The van der Waals surface area contributed by atoms with Crippen molar-refractivity contribution in [3.8, 4) is 0 Å². The summed E-state index contributed by atoms with van der Waals surface area (Å²) in [4.78, 5) is 16.2. The zero-order valence-electron chi connectivity index (χ0n) is 16.3. The van der Waals surface area contributed by atoms with Crippen LogP contribution in [0.15, 0.2) is 29.2 Å². The number of nitrogens with one attached hydrogen (secondary N) is 1. The molecular weight excluding hydrogens is 366 g/mol. The molecule has 1 aromatic rings. The number of quaternary nitrogens is 1. The first kappa shape index (κ1) is 20.3. The lowest BCUT2D eigenvalue weighted by Crippen LogP contribution is -3.15. The summed E-state index contributed by atoms with van der Waals surface area (Å²) < 4.78 is 33.2. The Balaban J connectivity index is 1.79. The van der Waals surface area contributed by atoms with Crippen LogP contribution in [0, 0.1) is 12.8 Å². The third-order valence-electron chi connectivity index (χ3n) is 5.32. The summed E-state index contributed by atoms with van der Waals surface area (Å²) in [5, 5.41) is 0. The van der Waals surface area contributed by atoms with Gasteiger partial charge in [-0.1, -0.05) is 31.5 Å². The molecule has 1 N–H and O–H groups in total. The van der Waals surface area contributed by atoms with Crippen molar-refractivity contribution in [3.05, 3.63) is 29.8 Å². The molecule has 0 spiro atoms. The minimum absolute atomic E-state index is 0.0105. The van der Waals surface area contributed by atoms with E-state index < -0.39 is 16.2 Å². The van der Waals surface area contributed by atoms with Gasteiger partial charge in [0.15, 0.2) is 6.54 Å². The fourth-order valence-corrected chi connectivity index (χ4v) is 5.57. The molecule has 2 saturated heterocycles. The molecular formula is C19H30N3O4S+. The number of aryl methyl sites for hydroxylation is 1. The molecule has 3 rings (SSSR count). The topological polar surface area (TPSA) is 71.4 Å². The summed E-state index contributed by atoms with van der Waals surface area (Å²) in [6.07, 6.45) is -0.441. The summed E-state index contributed by atoms with van der Waals surface area (Å²) in [5.74, 6) is 0.0311. The fourth-order valence-electron chi connectivity index (χ4n) is 3.85. The van der Waals surface area contributed by atoms with Gasteiger partial charge in [0.1, 0.15) is 19.3 Å². The number of rotatable bonds is 5. The molecule has 1 unspecified atom stereocenters. The third-order valence-corrected chi connectivity index (χ3v) is 7.20. The number of morpholine rings is 1. The standard InChI is InChI=1S/C19H29N3O4S/c1-15(2)19-21(18(23)14-20-10-12-26-13-11-20)8-9-22(19)27(24,25)17-6-4-16(3)5-7-17/h4-7,15,19H,8-14H2,1-3H3/p+1. The van der Waals surface area contributed by atoms with Gasteiger partial charge in [-0.2, -0.15) is 4.31 Å². The molecule has 1 atom stereocenters. The van der Waals surface area contributed by atoms with Gasteiger partial charge in [-0.05, 0) is 25.0 Å². The molecule has 0 aromatic heterocycles. The monoisotopic (exact) mass is 396 g/mol. The molecule has 1 aromatic carbocycles. The second-order valence-corrected chi connectivity index (χ2v) is 9.60. The van der Waals surface area contributed by atoms with Crippen LogP contribution in [-0.2, 0) is 19.6 Å².